The predicted octanol–water partition coefficient (Wildman–Crippen LogP) is 7.59. The number of ether oxygens (including phenoxy) is 3. The van der Waals surface area contributed by atoms with E-state index >= 15 is 0 Å². The summed E-state index contributed by atoms with van der Waals surface area (Å²) in [6.45, 7) is 7.45. The Morgan fingerprint density at radius 3 is 1.81 bits per heavy atom. The summed E-state index contributed by atoms with van der Waals surface area (Å²) in [7, 11) is 2.94. The minimum absolute atomic E-state index is 0.0789. The minimum Gasteiger partial charge on any atom is -0.453 e. The van der Waals surface area contributed by atoms with Crippen LogP contribution in [0.4, 0.5) is 9.59 Å². The highest BCUT2D eigenvalue weighted by Gasteiger charge is 2.42. The number of aromatic nitrogens is 4. The van der Waals surface area contributed by atoms with E-state index < -0.39 is 24.3 Å². The zero-order valence-electron chi connectivity index (χ0n) is 36.4. The van der Waals surface area contributed by atoms with Crippen LogP contribution < -0.4 is 10.6 Å². The van der Waals surface area contributed by atoms with Gasteiger partial charge in [-0.15, -0.1) is 0 Å². The Bertz CT molecular complexity index is 2380. The third-order valence-corrected chi connectivity index (χ3v) is 12.2. The normalized spacial score (nSPS) is 20.7. The number of amides is 4. The lowest BCUT2D eigenvalue weighted by Gasteiger charge is -2.30. The van der Waals surface area contributed by atoms with Crippen LogP contribution in [0.1, 0.15) is 81.8 Å². The summed E-state index contributed by atoms with van der Waals surface area (Å²) >= 11 is 0. The molecule has 0 bridgehead atoms. The van der Waals surface area contributed by atoms with Crippen LogP contribution in [-0.4, -0.2) is 99.8 Å². The van der Waals surface area contributed by atoms with E-state index in [4.69, 9.17) is 24.2 Å². The lowest BCUT2D eigenvalue weighted by molar-refractivity contribution is -0.136. The Hall–Kier alpha value is -6.48. The van der Waals surface area contributed by atoms with Crippen LogP contribution in [0.2, 0.25) is 0 Å². The molecule has 6 atom stereocenters. The van der Waals surface area contributed by atoms with Crippen molar-refractivity contribution in [3.8, 4) is 33.6 Å². The quantitative estimate of drug-likeness (QED) is 0.0874. The SMILES string of the molecule is COC[C@H]1C[C@@H](c2ncc(-c3ccc(-c4ccc(-c5cnc([C@@H]6C[C@H](C)CN6C(=O)[C@H](NC(=O)OC6CC6)c6ccccc6)[nH]5)cc4)cc3)[nH]2)N(C(=O)[C@@H](NC(=O)OC)C(C)C)C1. The summed E-state index contributed by atoms with van der Waals surface area (Å²) in [5.41, 5.74) is 6.37. The van der Waals surface area contributed by atoms with Crippen LogP contribution in [0.5, 0.6) is 0 Å². The van der Waals surface area contributed by atoms with Gasteiger partial charge in [0, 0.05) is 26.1 Å². The standard InChI is InChI=1S/C48H56N8O7/c1-28(2)41(53-47(59)62-5)45(57)56-26-30(27-61-4)22-40(56)44-50-24-38(52-44)34-17-13-32(14-18-34)31-11-15-33(16-12-31)37-23-49-43(51-37)39-21-29(3)25-55(39)46(58)42(35-9-7-6-8-10-35)54-48(60)63-36-19-20-36/h6-18,23-24,28-30,36,39-42H,19-22,25-27H2,1-5H3,(H,49,51)(H,50,52)(H,53,59)(H,54,60)/t29-,30-,39-,40-,41-,42+/m0/s1. The first-order valence-corrected chi connectivity index (χ1v) is 21.8. The molecule has 3 aliphatic rings. The molecule has 3 aromatic carbocycles. The first kappa shape index (κ1) is 43.2. The topological polar surface area (TPSA) is 184 Å². The molecule has 0 spiro atoms. The number of carbonyl (C=O) groups is 4. The summed E-state index contributed by atoms with van der Waals surface area (Å²) in [5.74, 6) is 1.22. The number of carbonyl (C=O) groups excluding carboxylic acids is 4. The summed E-state index contributed by atoms with van der Waals surface area (Å²) in [6, 6.07) is 23.6. The summed E-state index contributed by atoms with van der Waals surface area (Å²) in [5, 5.41) is 5.56. The Balaban J connectivity index is 0.940. The minimum atomic E-state index is -0.880. The number of aromatic amines is 2. The van der Waals surface area contributed by atoms with Crippen LogP contribution in [0.3, 0.4) is 0 Å². The number of nitrogens with one attached hydrogen (secondary N) is 4. The first-order valence-electron chi connectivity index (χ1n) is 21.8. The number of likely N-dealkylation sites (tertiary alicyclic amines) is 2. The van der Waals surface area contributed by atoms with Crippen LogP contribution in [-0.2, 0) is 23.8 Å². The maximum atomic E-state index is 14.2. The highest BCUT2D eigenvalue weighted by Crippen LogP contribution is 2.39. The van der Waals surface area contributed by atoms with Crippen molar-refractivity contribution >= 4 is 24.0 Å². The third-order valence-electron chi connectivity index (χ3n) is 12.2. The zero-order chi connectivity index (χ0) is 44.2. The molecule has 15 heteroatoms. The number of hydrogen-bond acceptors (Lipinski definition) is 9. The molecule has 3 fully saturated rings. The molecule has 5 aromatic rings. The molecule has 2 saturated heterocycles. The smallest absolute Gasteiger partial charge is 0.408 e. The predicted molar refractivity (Wildman–Crippen MR) is 236 cm³/mol. The molecule has 4 amide bonds. The maximum Gasteiger partial charge on any atom is 0.408 e. The molecular formula is C48H56N8O7. The van der Waals surface area contributed by atoms with Crippen LogP contribution in [0.25, 0.3) is 33.6 Å². The lowest BCUT2D eigenvalue weighted by atomic mass is 10.0. The first-order chi connectivity index (χ1) is 30.5. The fourth-order valence-corrected chi connectivity index (χ4v) is 8.79. The highest BCUT2D eigenvalue weighted by molar-refractivity contribution is 5.88. The van der Waals surface area contributed by atoms with Gasteiger partial charge < -0.3 is 44.6 Å². The molecule has 8 rings (SSSR count). The van der Waals surface area contributed by atoms with Gasteiger partial charge in [-0.3, -0.25) is 9.59 Å². The van der Waals surface area contributed by atoms with Crippen molar-refractivity contribution in [2.45, 2.75) is 76.7 Å². The van der Waals surface area contributed by atoms with Crippen molar-refractivity contribution in [3.63, 3.8) is 0 Å². The number of rotatable bonds is 14. The fourth-order valence-electron chi connectivity index (χ4n) is 8.79. The van der Waals surface area contributed by atoms with Gasteiger partial charge in [0.2, 0.25) is 5.91 Å². The van der Waals surface area contributed by atoms with Gasteiger partial charge in [-0.2, -0.15) is 0 Å². The van der Waals surface area contributed by atoms with Crippen LogP contribution in [0.15, 0.2) is 91.3 Å². The number of H-pyrrole nitrogens is 2. The molecular weight excluding hydrogens is 801 g/mol. The molecule has 0 unspecified atom stereocenters. The monoisotopic (exact) mass is 856 g/mol. The number of nitrogens with zero attached hydrogens (tertiary/aromatic N) is 4. The van der Waals surface area contributed by atoms with Crippen molar-refractivity contribution in [1.29, 1.82) is 0 Å². The van der Waals surface area contributed by atoms with Crippen LogP contribution >= 0.6 is 0 Å². The number of alkyl carbamates (subject to hydrolysis) is 2. The summed E-state index contributed by atoms with van der Waals surface area (Å²) < 4.78 is 15.7. The maximum absolute atomic E-state index is 14.2. The van der Waals surface area contributed by atoms with E-state index in [1.807, 2.05) is 67.4 Å². The van der Waals surface area contributed by atoms with Gasteiger partial charge in [0.1, 0.15) is 29.8 Å². The Kier molecular flexibility index (Phi) is 12.9. The second-order valence-corrected chi connectivity index (χ2v) is 17.4. The highest BCUT2D eigenvalue weighted by atomic mass is 16.6. The van der Waals surface area contributed by atoms with Crippen molar-refractivity contribution in [2.75, 3.05) is 33.9 Å². The van der Waals surface area contributed by atoms with Crippen molar-refractivity contribution in [2.24, 2.45) is 17.8 Å². The van der Waals surface area contributed by atoms with E-state index in [0.29, 0.717) is 43.3 Å². The van der Waals surface area contributed by atoms with E-state index in [0.717, 1.165) is 52.9 Å². The molecule has 0 radical (unpaired) electrons. The van der Waals surface area contributed by atoms with Gasteiger partial charge in [-0.1, -0.05) is 99.6 Å². The molecule has 15 nitrogen and oxygen atoms in total. The lowest BCUT2D eigenvalue weighted by Crippen LogP contribution is -2.51. The van der Waals surface area contributed by atoms with Crippen molar-refractivity contribution < 1.29 is 33.4 Å². The zero-order valence-corrected chi connectivity index (χ0v) is 36.4. The van der Waals surface area contributed by atoms with E-state index in [9.17, 15) is 19.2 Å². The fraction of sp³-hybridized carbons (Fsp3) is 0.417. The van der Waals surface area contributed by atoms with E-state index in [-0.39, 0.29) is 47.8 Å². The molecule has 63 heavy (non-hydrogen) atoms. The van der Waals surface area contributed by atoms with E-state index in [1.54, 1.807) is 18.2 Å². The number of benzene rings is 3. The molecule has 4 heterocycles. The molecule has 4 N–H and O–H groups in total. The summed E-state index contributed by atoms with van der Waals surface area (Å²) in [6.07, 6.45) is 5.40. The van der Waals surface area contributed by atoms with Gasteiger partial charge in [0.25, 0.3) is 5.91 Å². The third kappa shape index (κ3) is 9.78. The second kappa shape index (κ2) is 18.9. The van der Waals surface area contributed by atoms with Gasteiger partial charge in [0.15, 0.2) is 0 Å². The van der Waals surface area contributed by atoms with E-state index in [1.165, 1.54) is 7.11 Å². The number of imidazole rings is 2. The molecule has 2 aromatic heterocycles. The van der Waals surface area contributed by atoms with Crippen molar-refractivity contribution in [1.82, 2.24) is 40.4 Å². The second-order valence-electron chi connectivity index (χ2n) is 17.4. The largest absolute Gasteiger partial charge is 0.453 e. The Morgan fingerprint density at radius 2 is 1.27 bits per heavy atom. The number of hydrogen-bond donors (Lipinski definition) is 4. The molecule has 330 valence electrons. The molecule has 1 saturated carbocycles. The Labute approximate surface area is 367 Å². The van der Waals surface area contributed by atoms with Gasteiger partial charge in [-0.25, -0.2) is 19.6 Å². The molecule has 1 aliphatic carbocycles. The molecule has 2 aliphatic heterocycles. The van der Waals surface area contributed by atoms with Crippen LogP contribution in [0, 0.1) is 17.8 Å². The Morgan fingerprint density at radius 1 is 0.714 bits per heavy atom. The number of methoxy groups -OCH3 is 2. The van der Waals surface area contributed by atoms with E-state index in [2.05, 4.69) is 63.9 Å². The average Bonchev–Trinajstić information content (AvgIpc) is 3.70. The average molecular weight is 857 g/mol. The van der Waals surface area contributed by atoms with Crippen molar-refractivity contribution in [3.05, 3.63) is 108 Å². The van der Waals surface area contributed by atoms with Gasteiger partial charge in [0.05, 0.1) is 49.6 Å². The van der Waals surface area contributed by atoms with Gasteiger partial charge in [-0.05, 0) is 65.3 Å². The summed E-state index contributed by atoms with van der Waals surface area (Å²) in [4.78, 5) is 73.1. The van der Waals surface area contributed by atoms with Gasteiger partial charge >= 0.3 is 12.2 Å².